The van der Waals surface area contributed by atoms with Crippen molar-refractivity contribution in [3.8, 4) is 0 Å². The van der Waals surface area contributed by atoms with Gasteiger partial charge in [0.1, 0.15) is 5.82 Å². The maximum atomic E-state index is 5.82. The first-order valence-electron chi connectivity index (χ1n) is 6.35. The molecule has 1 aliphatic heterocycles. The zero-order valence-electron chi connectivity index (χ0n) is 10.5. The lowest BCUT2D eigenvalue weighted by Gasteiger charge is -2.20. The molecule has 1 saturated heterocycles. The van der Waals surface area contributed by atoms with Gasteiger partial charge in [0.15, 0.2) is 0 Å². The fourth-order valence-electron chi connectivity index (χ4n) is 2.57. The Balaban J connectivity index is 1.94. The molecule has 1 aromatic heterocycles. The van der Waals surface area contributed by atoms with Gasteiger partial charge in [0.05, 0.1) is 5.02 Å². The summed E-state index contributed by atoms with van der Waals surface area (Å²) >= 11 is 5.82. The molecule has 0 amide bonds. The highest BCUT2D eigenvalue weighted by atomic mass is 35.5. The van der Waals surface area contributed by atoms with E-state index in [1.807, 2.05) is 12.1 Å². The average Bonchev–Trinajstić information content (AvgIpc) is 2.74. The second-order valence-corrected chi connectivity index (χ2v) is 5.02. The Kier molecular flexibility index (Phi) is 4.24. The van der Waals surface area contributed by atoms with Gasteiger partial charge >= 0.3 is 0 Å². The number of anilines is 1. The topological polar surface area (TPSA) is 28.2 Å². The van der Waals surface area contributed by atoms with E-state index in [2.05, 4.69) is 29.0 Å². The molecule has 3 nitrogen and oxygen atoms in total. The Labute approximate surface area is 108 Å². The highest BCUT2D eigenvalue weighted by Crippen LogP contribution is 2.22. The number of pyridine rings is 1. The molecule has 0 aromatic carbocycles. The smallest absolute Gasteiger partial charge is 0.126 e. The predicted molar refractivity (Wildman–Crippen MR) is 72.6 cm³/mol. The summed E-state index contributed by atoms with van der Waals surface area (Å²) in [5, 5.41) is 4.17. The molecule has 1 aromatic rings. The predicted octanol–water partition coefficient (Wildman–Crippen LogP) is 3.02. The van der Waals surface area contributed by atoms with E-state index in [0.717, 1.165) is 18.9 Å². The van der Waals surface area contributed by atoms with Gasteiger partial charge in [0, 0.05) is 24.8 Å². The monoisotopic (exact) mass is 253 g/mol. The standard InChI is InChI=1S/C13H20ClN3/c1-3-12-7-11(9-17(12)4-2)16-13-6-5-10(14)8-15-13/h5-6,8,11-12H,3-4,7,9H2,1-2H3,(H,15,16). The molecule has 2 rings (SSSR count). The minimum absolute atomic E-state index is 0.508. The maximum Gasteiger partial charge on any atom is 0.126 e. The van der Waals surface area contributed by atoms with Crippen molar-refractivity contribution in [3.05, 3.63) is 23.4 Å². The number of nitrogens with one attached hydrogen (secondary N) is 1. The second-order valence-electron chi connectivity index (χ2n) is 4.59. The van der Waals surface area contributed by atoms with Gasteiger partial charge in [-0.25, -0.2) is 4.98 Å². The molecular weight excluding hydrogens is 234 g/mol. The van der Waals surface area contributed by atoms with Crippen LogP contribution in [0.4, 0.5) is 5.82 Å². The zero-order valence-corrected chi connectivity index (χ0v) is 11.2. The van der Waals surface area contributed by atoms with Gasteiger partial charge in [0.2, 0.25) is 0 Å². The van der Waals surface area contributed by atoms with Crippen molar-refractivity contribution in [2.24, 2.45) is 0 Å². The summed E-state index contributed by atoms with van der Waals surface area (Å²) in [6.07, 6.45) is 4.11. The second kappa shape index (κ2) is 5.69. The van der Waals surface area contributed by atoms with Crippen molar-refractivity contribution < 1.29 is 0 Å². The molecule has 2 heterocycles. The number of nitrogens with zero attached hydrogens (tertiary/aromatic N) is 2. The first kappa shape index (κ1) is 12.7. The molecule has 2 unspecified atom stereocenters. The lowest BCUT2D eigenvalue weighted by molar-refractivity contribution is 0.261. The molecular formula is C13H20ClN3. The Morgan fingerprint density at radius 2 is 2.29 bits per heavy atom. The van der Waals surface area contributed by atoms with E-state index in [9.17, 15) is 0 Å². The Morgan fingerprint density at radius 1 is 1.47 bits per heavy atom. The minimum atomic E-state index is 0.508. The summed E-state index contributed by atoms with van der Waals surface area (Å²) in [5.41, 5.74) is 0. The molecule has 0 spiro atoms. The summed E-state index contributed by atoms with van der Waals surface area (Å²) in [5.74, 6) is 0.923. The molecule has 1 fully saturated rings. The van der Waals surface area contributed by atoms with Crippen LogP contribution < -0.4 is 5.32 Å². The molecule has 94 valence electrons. The number of halogens is 1. The van der Waals surface area contributed by atoms with E-state index in [1.165, 1.54) is 12.8 Å². The SMILES string of the molecule is CCC1CC(Nc2ccc(Cl)cn2)CN1CC. The van der Waals surface area contributed by atoms with Gasteiger partial charge in [0.25, 0.3) is 0 Å². The van der Waals surface area contributed by atoms with Crippen LogP contribution in [-0.2, 0) is 0 Å². The average molecular weight is 254 g/mol. The van der Waals surface area contributed by atoms with Crippen molar-refractivity contribution in [3.63, 3.8) is 0 Å². The number of likely N-dealkylation sites (N-methyl/N-ethyl adjacent to an activating group) is 1. The largest absolute Gasteiger partial charge is 0.366 e. The van der Waals surface area contributed by atoms with Crippen molar-refractivity contribution >= 4 is 17.4 Å². The Hall–Kier alpha value is -0.800. The molecule has 0 radical (unpaired) electrons. The molecule has 4 heteroatoms. The molecule has 0 bridgehead atoms. The van der Waals surface area contributed by atoms with Gasteiger partial charge in [-0.2, -0.15) is 0 Å². The van der Waals surface area contributed by atoms with Gasteiger partial charge in [-0.1, -0.05) is 25.4 Å². The number of hydrogen-bond acceptors (Lipinski definition) is 3. The van der Waals surface area contributed by atoms with Crippen LogP contribution in [0, 0.1) is 0 Å². The van der Waals surface area contributed by atoms with Crippen molar-refractivity contribution in [2.45, 2.75) is 38.8 Å². The van der Waals surface area contributed by atoms with Crippen LogP contribution in [0.1, 0.15) is 26.7 Å². The van der Waals surface area contributed by atoms with Crippen LogP contribution in [0.5, 0.6) is 0 Å². The van der Waals surface area contributed by atoms with Crippen molar-refractivity contribution in [2.75, 3.05) is 18.4 Å². The third kappa shape index (κ3) is 3.11. The minimum Gasteiger partial charge on any atom is -0.366 e. The van der Waals surface area contributed by atoms with Crippen molar-refractivity contribution in [1.29, 1.82) is 0 Å². The normalized spacial score (nSPS) is 25.1. The number of rotatable bonds is 4. The molecule has 0 aliphatic carbocycles. The highest BCUT2D eigenvalue weighted by molar-refractivity contribution is 6.30. The number of hydrogen-bond donors (Lipinski definition) is 1. The Morgan fingerprint density at radius 3 is 2.82 bits per heavy atom. The van der Waals surface area contributed by atoms with Crippen LogP contribution in [0.25, 0.3) is 0 Å². The third-order valence-electron chi connectivity index (χ3n) is 3.48. The molecule has 2 atom stereocenters. The third-order valence-corrected chi connectivity index (χ3v) is 3.71. The molecule has 1 aliphatic rings. The van der Waals surface area contributed by atoms with Crippen LogP contribution >= 0.6 is 11.6 Å². The molecule has 17 heavy (non-hydrogen) atoms. The first-order valence-corrected chi connectivity index (χ1v) is 6.72. The van der Waals surface area contributed by atoms with Gasteiger partial charge in [-0.05, 0) is 31.5 Å². The summed E-state index contributed by atoms with van der Waals surface area (Å²) in [4.78, 5) is 6.82. The van der Waals surface area contributed by atoms with E-state index >= 15 is 0 Å². The van der Waals surface area contributed by atoms with E-state index in [1.54, 1.807) is 6.20 Å². The lowest BCUT2D eigenvalue weighted by Crippen LogP contribution is -2.29. The fraction of sp³-hybridized carbons (Fsp3) is 0.615. The zero-order chi connectivity index (χ0) is 12.3. The molecule has 1 N–H and O–H groups in total. The van der Waals surface area contributed by atoms with Gasteiger partial charge in [-0.3, -0.25) is 4.90 Å². The number of aromatic nitrogens is 1. The maximum absolute atomic E-state index is 5.82. The fourth-order valence-corrected chi connectivity index (χ4v) is 2.68. The van der Waals surface area contributed by atoms with Crippen molar-refractivity contribution in [1.82, 2.24) is 9.88 Å². The summed E-state index contributed by atoms with van der Waals surface area (Å²) in [6.45, 7) is 6.73. The van der Waals surface area contributed by atoms with E-state index in [0.29, 0.717) is 17.1 Å². The van der Waals surface area contributed by atoms with Crippen LogP contribution in [0.2, 0.25) is 5.02 Å². The summed E-state index contributed by atoms with van der Waals surface area (Å²) < 4.78 is 0. The Bertz CT molecular complexity index is 340. The van der Waals surface area contributed by atoms with Crippen LogP contribution in [0.15, 0.2) is 18.3 Å². The van der Waals surface area contributed by atoms with E-state index in [-0.39, 0.29) is 0 Å². The van der Waals surface area contributed by atoms with Crippen LogP contribution in [0.3, 0.4) is 0 Å². The van der Waals surface area contributed by atoms with E-state index in [4.69, 9.17) is 11.6 Å². The first-order chi connectivity index (χ1) is 8.22. The highest BCUT2D eigenvalue weighted by Gasteiger charge is 2.29. The summed E-state index contributed by atoms with van der Waals surface area (Å²) in [6, 6.07) is 5.04. The quantitative estimate of drug-likeness (QED) is 0.894. The van der Waals surface area contributed by atoms with Crippen LogP contribution in [-0.4, -0.2) is 35.1 Å². The van der Waals surface area contributed by atoms with Gasteiger partial charge < -0.3 is 5.32 Å². The lowest BCUT2D eigenvalue weighted by atomic mass is 10.1. The molecule has 0 saturated carbocycles. The summed E-state index contributed by atoms with van der Waals surface area (Å²) in [7, 11) is 0. The number of likely N-dealkylation sites (tertiary alicyclic amines) is 1. The van der Waals surface area contributed by atoms with Gasteiger partial charge in [-0.15, -0.1) is 0 Å². The van der Waals surface area contributed by atoms with E-state index < -0.39 is 0 Å².